The van der Waals surface area contributed by atoms with Crippen LogP contribution in [0.2, 0.25) is 0 Å². The van der Waals surface area contributed by atoms with Gasteiger partial charge in [0.25, 0.3) is 0 Å². The molecule has 0 saturated carbocycles. The fraction of sp³-hybridized carbons (Fsp3) is 0.455. The average Bonchev–Trinajstić information content (AvgIpc) is 2.88. The van der Waals surface area contributed by atoms with Crippen molar-refractivity contribution >= 4 is 0 Å². The summed E-state index contributed by atoms with van der Waals surface area (Å²) in [4.78, 5) is 4.72. The Morgan fingerprint density at radius 1 is 0.667 bits per heavy atom. The van der Waals surface area contributed by atoms with Gasteiger partial charge in [0.15, 0.2) is 0 Å². The lowest BCUT2D eigenvalue weighted by molar-refractivity contribution is 0.313. The Hall–Kier alpha value is -1.64. The van der Waals surface area contributed by atoms with Gasteiger partial charge in [0.1, 0.15) is 0 Å². The molecule has 2 nitrogen and oxygen atoms in total. The van der Waals surface area contributed by atoms with Crippen LogP contribution in [0.15, 0.2) is 30.3 Å². The van der Waals surface area contributed by atoms with Crippen molar-refractivity contribution in [3.8, 4) is 0 Å². The van der Waals surface area contributed by atoms with Gasteiger partial charge in [-0.3, -0.25) is 4.90 Å². The van der Waals surface area contributed by atoms with Gasteiger partial charge in [-0.25, -0.2) is 0 Å². The van der Waals surface area contributed by atoms with Crippen molar-refractivity contribution in [2.45, 2.75) is 46.8 Å². The van der Waals surface area contributed by atoms with Gasteiger partial charge in [0.05, 0.1) is 0 Å². The topological polar surface area (TPSA) is 6.48 Å². The van der Waals surface area contributed by atoms with E-state index in [1.165, 1.54) is 46.3 Å². The molecule has 0 amide bonds. The molecule has 0 unspecified atom stereocenters. The molecule has 0 spiro atoms. The molecule has 2 aliphatic heterocycles. The second-order valence-electron chi connectivity index (χ2n) is 7.64. The minimum absolute atomic E-state index is 1.12. The number of hydrogen-bond donors (Lipinski definition) is 0. The predicted octanol–water partition coefficient (Wildman–Crippen LogP) is 4.23. The highest BCUT2D eigenvalue weighted by Crippen LogP contribution is 2.24. The molecule has 0 N–H and O–H groups in total. The Balaban J connectivity index is 0.000000141. The van der Waals surface area contributed by atoms with Crippen LogP contribution in [0.25, 0.3) is 0 Å². The van der Waals surface area contributed by atoms with Crippen LogP contribution in [0.3, 0.4) is 0 Å². The van der Waals surface area contributed by atoms with Crippen LogP contribution in [0, 0.1) is 20.8 Å². The number of rotatable bonds is 0. The highest BCUT2D eigenvalue weighted by Gasteiger charge is 2.15. The second kappa shape index (κ2) is 7.08. The summed E-state index contributed by atoms with van der Waals surface area (Å²) in [7, 11) is 4.35. The van der Waals surface area contributed by atoms with Crippen molar-refractivity contribution in [2.24, 2.45) is 0 Å². The predicted molar refractivity (Wildman–Crippen MR) is 102 cm³/mol. The van der Waals surface area contributed by atoms with Crippen LogP contribution in [0.4, 0.5) is 0 Å². The maximum absolute atomic E-state index is 2.37. The first-order valence-electron chi connectivity index (χ1n) is 8.97. The molecule has 2 aromatic rings. The maximum Gasteiger partial charge on any atom is 0.0237 e. The van der Waals surface area contributed by atoms with Gasteiger partial charge in [0.2, 0.25) is 0 Å². The van der Waals surface area contributed by atoms with Gasteiger partial charge < -0.3 is 4.90 Å². The zero-order valence-electron chi connectivity index (χ0n) is 15.8. The fourth-order valence-electron chi connectivity index (χ4n) is 3.69. The third kappa shape index (κ3) is 3.88. The molecule has 128 valence electrons. The van der Waals surface area contributed by atoms with Gasteiger partial charge in [-0.2, -0.15) is 0 Å². The van der Waals surface area contributed by atoms with E-state index in [0.29, 0.717) is 0 Å². The summed E-state index contributed by atoms with van der Waals surface area (Å²) in [5.74, 6) is 0. The largest absolute Gasteiger partial charge is 0.302 e. The first kappa shape index (κ1) is 17.2. The van der Waals surface area contributed by atoms with E-state index >= 15 is 0 Å². The van der Waals surface area contributed by atoms with Gasteiger partial charge in [-0.05, 0) is 74.7 Å². The minimum atomic E-state index is 1.12. The monoisotopic (exact) mass is 322 g/mol. The third-order valence-electron chi connectivity index (χ3n) is 5.26. The molecular weight excluding hydrogens is 292 g/mol. The standard InChI is InChI=1S/2C11H15N/c1-8-4-10-6-12(3)7-11(10)5-9(8)2;1-9-3-4-11-8-12(2)6-5-10(11)7-9/h4-5H,6-7H2,1-3H3;3-4,7H,5-6,8H2,1-2H3. The van der Waals surface area contributed by atoms with Crippen molar-refractivity contribution in [3.05, 3.63) is 69.3 Å². The van der Waals surface area contributed by atoms with Crippen molar-refractivity contribution in [2.75, 3.05) is 20.6 Å². The Kier molecular flexibility index (Phi) is 5.07. The van der Waals surface area contributed by atoms with E-state index in [9.17, 15) is 0 Å². The van der Waals surface area contributed by atoms with Crippen LogP contribution in [0.1, 0.15) is 38.9 Å². The first-order valence-corrected chi connectivity index (χ1v) is 8.97. The highest BCUT2D eigenvalue weighted by molar-refractivity contribution is 5.39. The Bertz CT molecular complexity index is 702. The zero-order chi connectivity index (χ0) is 17.3. The van der Waals surface area contributed by atoms with Crippen molar-refractivity contribution in [1.82, 2.24) is 9.80 Å². The Morgan fingerprint density at radius 3 is 1.88 bits per heavy atom. The van der Waals surface area contributed by atoms with E-state index in [0.717, 1.165) is 19.6 Å². The summed E-state index contributed by atoms with van der Waals surface area (Å²) in [6.45, 7) is 11.1. The van der Waals surface area contributed by atoms with E-state index < -0.39 is 0 Å². The fourth-order valence-corrected chi connectivity index (χ4v) is 3.69. The molecule has 0 fully saturated rings. The van der Waals surface area contributed by atoms with Crippen LogP contribution in [-0.4, -0.2) is 30.4 Å². The molecule has 0 aliphatic carbocycles. The summed E-state index contributed by atoms with van der Waals surface area (Å²) in [5.41, 5.74) is 10.3. The number of aryl methyl sites for hydroxylation is 3. The number of likely N-dealkylation sites (N-methyl/N-ethyl adjacent to an activating group) is 1. The van der Waals surface area contributed by atoms with Crippen LogP contribution < -0.4 is 0 Å². The number of hydrogen-bond acceptors (Lipinski definition) is 2. The van der Waals surface area contributed by atoms with Gasteiger partial charge in [-0.15, -0.1) is 0 Å². The normalized spacial score (nSPS) is 17.0. The lowest BCUT2D eigenvalue weighted by atomic mass is 9.98. The van der Waals surface area contributed by atoms with Gasteiger partial charge >= 0.3 is 0 Å². The molecule has 2 aromatic carbocycles. The molecular formula is C22H30N2. The van der Waals surface area contributed by atoms with E-state index in [1.807, 2.05) is 0 Å². The average molecular weight is 322 g/mol. The molecule has 24 heavy (non-hydrogen) atoms. The quantitative estimate of drug-likeness (QED) is 0.716. The van der Waals surface area contributed by atoms with Crippen molar-refractivity contribution in [3.63, 3.8) is 0 Å². The van der Waals surface area contributed by atoms with Crippen molar-refractivity contribution in [1.29, 1.82) is 0 Å². The van der Waals surface area contributed by atoms with E-state index in [-0.39, 0.29) is 0 Å². The molecule has 0 atom stereocenters. The van der Waals surface area contributed by atoms with Gasteiger partial charge in [-0.1, -0.05) is 35.9 Å². The molecule has 2 heteroatoms. The molecule has 2 aliphatic rings. The number of nitrogens with zero attached hydrogens (tertiary/aromatic N) is 2. The smallest absolute Gasteiger partial charge is 0.0237 e. The van der Waals surface area contributed by atoms with E-state index in [2.05, 4.69) is 75.0 Å². The third-order valence-corrected chi connectivity index (χ3v) is 5.26. The Morgan fingerprint density at radius 2 is 1.25 bits per heavy atom. The highest BCUT2D eigenvalue weighted by atomic mass is 15.1. The molecule has 0 radical (unpaired) electrons. The number of fused-ring (bicyclic) bond motifs is 2. The molecule has 0 saturated heterocycles. The van der Waals surface area contributed by atoms with Crippen LogP contribution in [-0.2, 0) is 26.1 Å². The summed E-state index contributed by atoms with van der Waals surface area (Å²) in [6.07, 6.45) is 1.22. The Labute approximate surface area is 147 Å². The zero-order valence-corrected chi connectivity index (χ0v) is 15.8. The summed E-state index contributed by atoms with van der Waals surface area (Å²) < 4.78 is 0. The van der Waals surface area contributed by atoms with Gasteiger partial charge in [0, 0.05) is 26.2 Å². The minimum Gasteiger partial charge on any atom is -0.302 e. The van der Waals surface area contributed by atoms with E-state index in [1.54, 1.807) is 5.56 Å². The molecule has 4 rings (SSSR count). The molecule has 0 aromatic heterocycles. The lowest BCUT2D eigenvalue weighted by Crippen LogP contribution is -2.26. The SMILES string of the molecule is Cc1cc2c(cc1C)CN(C)C2.Cc1ccc2c(c1)CCN(C)C2. The summed E-state index contributed by atoms with van der Waals surface area (Å²) in [6, 6.07) is 11.4. The van der Waals surface area contributed by atoms with Crippen LogP contribution in [0.5, 0.6) is 0 Å². The van der Waals surface area contributed by atoms with Crippen molar-refractivity contribution < 1.29 is 0 Å². The maximum atomic E-state index is 2.37. The summed E-state index contributed by atoms with van der Waals surface area (Å²) in [5, 5.41) is 0. The first-order chi connectivity index (χ1) is 11.4. The summed E-state index contributed by atoms with van der Waals surface area (Å²) >= 11 is 0. The molecule has 0 bridgehead atoms. The van der Waals surface area contributed by atoms with Crippen LogP contribution >= 0.6 is 0 Å². The lowest BCUT2D eigenvalue weighted by Gasteiger charge is -2.24. The van der Waals surface area contributed by atoms with E-state index in [4.69, 9.17) is 0 Å². The molecule has 2 heterocycles. The second-order valence-corrected chi connectivity index (χ2v) is 7.64. The number of benzene rings is 2.